The molecule has 10 nitrogen and oxygen atoms in total. The summed E-state index contributed by atoms with van der Waals surface area (Å²) in [5.74, 6) is 2.35. The van der Waals surface area contributed by atoms with Gasteiger partial charge in [0.2, 0.25) is 5.91 Å². The van der Waals surface area contributed by atoms with Gasteiger partial charge >= 0.3 is 0 Å². The molecule has 4 aliphatic carbocycles. The number of hydrogen-bond acceptors (Lipinski definition) is 8. The van der Waals surface area contributed by atoms with Crippen molar-refractivity contribution in [2.24, 2.45) is 23.2 Å². The van der Waals surface area contributed by atoms with E-state index in [1.54, 1.807) is 0 Å². The molecule has 1 aliphatic heterocycles. The van der Waals surface area contributed by atoms with Gasteiger partial charge in [0, 0.05) is 0 Å². The Labute approximate surface area is 178 Å². The molecule has 0 unspecified atom stereocenters. The van der Waals surface area contributed by atoms with Crippen molar-refractivity contribution in [3.8, 4) is 0 Å². The first-order valence-corrected chi connectivity index (χ1v) is 11.1. The minimum absolute atomic E-state index is 0.0223. The third-order valence-electron chi connectivity index (χ3n) is 7.90. The van der Waals surface area contributed by atoms with Crippen molar-refractivity contribution < 1.29 is 24.9 Å². The Balaban J connectivity index is 1.29. The van der Waals surface area contributed by atoms with Crippen molar-refractivity contribution >= 4 is 22.9 Å². The fourth-order valence-electron chi connectivity index (χ4n) is 6.87. The molecule has 10 heteroatoms. The molecular weight excluding hydrogens is 402 g/mol. The smallest absolute Gasteiger partial charge is 0.231 e. The Morgan fingerprint density at radius 1 is 1.10 bits per heavy atom. The third kappa shape index (κ3) is 2.92. The van der Waals surface area contributed by atoms with Crippen LogP contribution in [0.1, 0.15) is 44.8 Å². The van der Waals surface area contributed by atoms with Gasteiger partial charge in [0.25, 0.3) is 0 Å². The first-order chi connectivity index (χ1) is 15.0. The number of hydrogen-bond donors (Lipinski definition) is 4. The Bertz CT molecular complexity index is 989. The van der Waals surface area contributed by atoms with Crippen LogP contribution in [0.15, 0.2) is 12.7 Å². The molecule has 4 N–H and O–H groups in total. The van der Waals surface area contributed by atoms with Gasteiger partial charge in [0.05, 0.1) is 18.3 Å². The van der Waals surface area contributed by atoms with Crippen LogP contribution >= 0.6 is 0 Å². The molecule has 4 saturated carbocycles. The average Bonchev–Trinajstić information content (AvgIpc) is 3.29. The molecule has 166 valence electrons. The van der Waals surface area contributed by atoms with Crippen LogP contribution in [0.3, 0.4) is 0 Å². The summed E-state index contributed by atoms with van der Waals surface area (Å²) >= 11 is 0. The first-order valence-electron chi connectivity index (χ1n) is 11.1. The SMILES string of the molecule is O=C(Nc1ncnc2c1ncn2[C@@H]1O[C@H](CO)[C@@H](O)[C@H]1O)C12CC3CC(CC(C3)C1)C2. The second kappa shape index (κ2) is 6.93. The number of amides is 1. The lowest BCUT2D eigenvalue weighted by Crippen LogP contribution is -2.51. The fraction of sp³-hybridized carbons (Fsp3) is 0.714. The Hall–Kier alpha value is -2.14. The number of fused-ring (bicyclic) bond motifs is 1. The number of carbonyl (C=O) groups is 1. The van der Waals surface area contributed by atoms with E-state index in [4.69, 9.17) is 4.74 Å². The number of imidazole rings is 1. The van der Waals surface area contributed by atoms with Gasteiger partial charge in [0.15, 0.2) is 23.2 Å². The van der Waals surface area contributed by atoms with Crippen LogP contribution in [0.2, 0.25) is 0 Å². The number of anilines is 1. The van der Waals surface area contributed by atoms with E-state index < -0.39 is 31.1 Å². The second-order valence-electron chi connectivity index (χ2n) is 9.93. The lowest BCUT2D eigenvalue weighted by atomic mass is 9.49. The lowest BCUT2D eigenvalue weighted by Gasteiger charge is -2.55. The fourth-order valence-corrected chi connectivity index (χ4v) is 6.87. The molecule has 31 heavy (non-hydrogen) atoms. The number of aliphatic hydroxyl groups excluding tert-OH is 3. The highest BCUT2D eigenvalue weighted by molar-refractivity contribution is 6.00. The number of rotatable bonds is 4. The third-order valence-corrected chi connectivity index (χ3v) is 7.90. The van der Waals surface area contributed by atoms with Crippen molar-refractivity contribution in [3.63, 3.8) is 0 Å². The highest BCUT2D eigenvalue weighted by Gasteiger charge is 2.54. The molecule has 1 amide bonds. The largest absolute Gasteiger partial charge is 0.394 e. The van der Waals surface area contributed by atoms with Crippen molar-refractivity contribution in [2.45, 2.75) is 63.1 Å². The van der Waals surface area contributed by atoms with Gasteiger partial charge in [-0.15, -0.1) is 0 Å². The molecule has 7 rings (SSSR count). The molecule has 5 fully saturated rings. The maximum atomic E-state index is 13.4. The zero-order chi connectivity index (χ0) is 21.3. The van der Waals surface area contributed by atoms with Crippen LogP contribution in [0, 0.1) is 23.2 Å². The summed E-state index contributed by atoms with van der Waals surface area (Å²) < 4.78 is 7.10. The van der Waals surface area contributed by atoms with Crippen LogP contribution in [-0.4, -0.2) is 65.7 Å². The predicted molar refractivity (Wildman–Crippen MR) is 108 cm³/mol. The summed E-state index contributed by atoms with van der Waals surface area (Å²) in [4.78, 5) is 26.3. The predicted octanol–water partition coefficient (Wildman–Crippen LogP) is 0.593. The normalized spacial score (nSPS) is 41.2. The van der Waals surface area contributed by atoms with E-state index >= 15 is 0 Å². The van der Waals surface area contributed by atoms with E-state index in [2.05, 4.69) is 20.3 Å². The summed E-state index contributed by atoms with van der Waals surface area (Å²) in [6.45, 7) is -0.414. The molecule has 4 atom stereocenters. The molecule has 2 aromatic rings. The van der Waals surface area contributed by atoms with Crippen LogP contribution in [0.25, 0.3) is 11.2 Å². The minimum Gasteiger partial charge on any atom is -0.394 e. The number of nitrogens with one attached hydrogen (secondary N) is 1. The molecular formula is C21H27N5O5. The molecule has 4 bridgehead atoms. The van der Waals surface area contributed by atoms with E-state index in [-0.39, 0.29) is 11.3 Å². The number of ether oxygens (including phenoxy) is 1. The van der Waals surface area contributed by atoms with Gasteiger partial charge < -0.3 is 25.4 Å². The molecule has 1 saturated heterocycles. The van der Waals surface area contributed by atoms with E-state index in [9.17, 15) is 20.1 Å². The molecule has 0 aromatic carbocycles. The number of nitrogens with zero attached hydrogens (tertiary/aromatic N) is 4. The topological polar surface area (TPSA) is 143 Å². The molecule has 2 aromatic heterocycles. The van der Waals surface area contributed by atoms with E-state index in [0.717, 1.165) is 19.3 Å². The second-order valence-corrected chi connectivity index (χ2v) is 9.93. The maximum absolute atomic E-state index is 13.4. The number of aromatic nitrogens is 4. The standard InChI is InChI=1S/C21H27N5O5/c27-7-13-15(28)16(29)19(31-13)26-9-24-14-17(22-8-23-18(14)26)25-20(30)21-4-10-1-11(5-21)3-12(2-10)6-21/h8-13,15-16,19,27-29H,1-7H2,(H,22,23,25,30)/t10?,11?,12?,13-,15-,16-,19-,21?/m1/s1. The van der Waals surface area contributed by atoms with Gasteiger partial charge in [-0.1, -0.05) is 0 Å². The first kappa shape index (κ1) is 19.5. The average molecular weight is 429 g/mol. The van der Waals surface area contributed by atoms with E-state index in [1.807, 2.05) is 0 Å². The van der Waals surface area contributed by atoms with Gasteiger partial charge in [-0.3, -0.25) is 9.36 Å². The van der Waals surface area contributed by atoms with Gasteiger partial charge in [0.1, 0.15) is 24.6 Å². The molecule has 0 radical (unpaired) electrons. The van der Waals surface area contributed by atoms with E-state index in [0.29, 0.717) is 34.7 Å². The van der Waals surface area contributed by atoms with Gasteiger partial charge in [-0.25, -0.2) is 15.0 Å². The van der Waals surface area contributed by atoms with Crippen LogP contribution < -0.4 is 5.32 Å². The van der Waals surface area contributed by atoms with Gasteiger partial charge in [-0.05, 0) is 56.3 Å². The van der Waals surface area contributed by atoms with Crippen LogP contribution in [0.4, 0.5) is 5.82 Å². The zero-order valence-corrected chi connectivity index (χ0v) is 17.1. The Morgan fingerprint density at radius 3 is 2.39 bits per heavy atom. The quantitative estimate of drug-likeness (QED) is 0.553. The van der Waals surface area contributed by atoms with Crippen LogP contribution in [0.5, 0.6) is 0 Å². The zero-order valence-electron chi connectivity index (χ0n) is 17.1. The lowest BCUT2D eigenvalue weighted by molar-refractivity contribution is -0.140. The number of carbonyl (C=O) groups excluding carboxylic acids is 1. The van der Waals surface area contributed by atoms with Crippen molar-refractivity contribution in [1.29, 1.82) is 0 Å². The van der Waals surface area contributed by atoms with E-state index in [1.165, 1.54) is 36.5 Å². The minimum atomic E-state index is -1.24. The highest BCUT2D eigenvalue weighted by atomic mass is 16.6. The van der Waals surface area contributed by atoms with Crippen molar-refractivity contribution in [3.05, 3.63) is 12.7 Å². The Morgan fingerprint density at radius 2 is 1.77 bits per heavy atom. The van der Waals surface area contributed by atoms with Crippen LogP contribution in [-0.2, 0) is 9.53 Å². The molecule has 5 aliphatic rings. The molecule has 0 spiro atoms. The summed E-state index contributed by atoms with van der Waals surface area (Å²) in [6.07, 6.45) is 5.14. The van der Waals surface area contributed by atoms with Crippen molar-refractivity contribution in [2.75, 3.05) is 11.9 Å². The molecule has 3 heterocycles. The van der Waals surface area contributed by atoms with Gasteiger partial charge in [-0.2, -0.15) is 0 Å². The maximum Gasteiger partial charge on any atom is 0.231 e. The highest BCUT2D eigenvalue weighted by Crippen LogP contribution is 2.60. The summed E-state index contributed by atoms with van der Waals surface area (Å²) in [5.41, 5.74) is 0.474. The number of aliphatic hydroxyl groups is 3. The summed E-state index contributed by atoms with van der Waals surface area (Å²) in [7, 11) is 0. The summed E-state index contributed by atoms with van der Waals surface area (Å²) in [6, 6.07) is 0. The summed E-state index contributed by atoms with van der Waals surface area (Å²) in [5, 5.41) is 32.8. The Kier molecular flexibility index (Phi) is 4.37. The van der Waals surface area contributed by atoms with Crippen molar-refractivity contribution in [1.82, 2.24) is 19.5 Å². The monoisotopic (exact) mass is 429 g/mol.